The van der Waals surface area contributed by atoms with E-state index in [2.05, 4.69) is 0 Å². The van der Waals surface area contributed by atoms with Crippen molar-refractivity contribution in [2.45, 2.75) is 13.2 Å². The first-order valence-corrected chi connectivity index (χ1v) is 6.67. The van der Waals surface area contributed by atoms with Gasteiger partial charge in [0.05, 0.1) is 11.5 Å². The molecule has 8 heteroatoms. The molecule has 0 amide bonds. The van der Waals surface area contributed by atoms with Gasteiger partial charge in [-0.2, -0.15) is 0 Å². The molecule has 0 heterocycles. The van der Waals surface area contributed by atoms with Crippen LogP contribution in [0.1, 0.15) is 12.5 Å². The molecule has 0 spiro atoms. The molecule has 0 aliphatic rings. The van der Waals surface area contributed by atoms with Gasteiger partial charge in [-0.15, -0.1) is 0 Å². The highest BCUT2D eigenvalue weighted by Gasteiger charge is 2.27. The fourth-order valence-electron chi connectivity index (χ4n) is 1.77. The molecule has 0 atom stereocenters. The third-order valence-electron chi connectivity index (χ3n) is 2.80. The third-order valence-corrected chi connectivity index (χ3v) is 2.80. The molecule has 0 aliphatic carbocycles. The molecule has 124 valence electrons. The Kier molecular flexibility index (Phi) is 7.04. The summed E-state index contributed by atoms with van der Waals surface area (Å²) in [6.07, 6.45) is -0.0670. The maximum absolute atomic E-state index is 12.3. The molecule has 1 aromatic rings. The maximum Gasteiger partial charge on any atom is 0.341 e. The van der Waals surface area contributed by atoms with Gasteiger partial charge in [0.2, 0.25) is 12.1 Å². The van der Waals surface area contributed by atoms with Crippen LogP contribution in [0.4, 0.5) is 5.69 Å². The van der Waals surface area contributed by atoms with Gasteiger partial charge in [0.1, 0.15) is 5.57 Å². The maximum atomic E-state index is 12.3. The molecular formula is C15H17NO7. The van der Waals surface area contributed by atoms with Gasteiger partial charge in [-0.25, -0.2) is 4.79 Å². The van der Waals surface area contributed by atoms with E-state index in [-0.39, 0.29) is 17.9 Å². The van der Waals surface area contributed by atoms with E-state index in [4.69, 9.17) is 14.2 Å². The number of carbonyl (C=O) groups is 2. The van der Waals surface area contributed by atoms with Crippen molar-refractivity contribution < 1.29 is 28.7 Å². The number of hydrogen-bond acceptors (Lipinski definition) is 7. The highest BCUT2D eigenvalue weighted by atomic mass is 16.7. The van der Waals surface area contributed by atoms with Gasteiger partial charge in [0.25, 0.3) is 5.69 Å². The van der Waals surface area contributed by atoms with Gasteiger partial charge in [-0.3, -0.25) is 14.9 Å². The highest BCUT2D eigenvalue weighted by Crippen LogP contribution is 2.18. The van der Waals surface area contributed by atoms with Crippen LogP contribution in [-0.2, 0) is 23.8 Å². The number of nitro benzene ring substituents is 1. The minimum absolute atomic E-state index is 0.0724. The van der Waals surface area contributed by atoms with Gasteiger partial charge in [0.15, 0.2) is 0 Å². The van der Waals surface area contributed by atoms with Crippen LogP contribution in [0.5, 0.6) is 0 Å². The molecule has 1 aromatic carbocycles. The fraction of sp³-hybridized carbons (Fsp3) is 0.333. The summed E-state index contributed by atoms with van der Waals surface area (Å²) >= 11 is 0. The normalized spacial score (nSPS) is 11.4. The van der Waals surface area contributed by atoms with E-state index in [1.165, 1.54) is 44.6 Å². The van der Waals surface area contributed by atoms with Crippen LogP contribution >= 0.6 is 0 Å². The smallest absolute Gasteiger partial charge is 0.341 e. The van der Waals surface area contributed by atoms with Crippen LogP contribution in [0.3, 0.4) is 0 Å². The van der Waals surface area contributed by atoms with E-state index < -0.39 is 23.0 Å². The average molecular weight is 323 g/mol. The Labute approximate surface area is 132 Å². The predicted octanol–water partition coefficient (Wildman–Crippen LogP) is 1.73. The predicted molar refractivity (Wildman–Crippen MR) is 80.5 cm³/mol. The Bertz CT molecular complexity index is 620. The van der Waals surface area contributed by atoms with E-state index >= 15 is 0 Å². The third kappa shape index (κ3) is 4.97. The molecule has 0 aromatic heterocycles. The zero-order valence-electron chi connectivity index (χ0n) is 13.0. The number of nitro groups is 1. The molecule has 0 fully saturated rings. The number of Topliss-reactive ketones (excluding diaryl/α,β-unsaturated/α-hetero) is 1. The molecule has 23 heavy (non-hydrogen) atoms. The van der Waals surface area contributed by atoms with E-state index in [1.807, 2.05) is 0 Å². The van der Waals surface area contributed by atoms with Crippen molar-refractivity contribution in [1.29, 1.82) is 0 Å². The van der Waals surface area contributed by atoms with Crippen molar-refractivity contribution in [3.8, 4) is 0 Å². The van der Waals surface area contributed by atoms with Crippen molar-refractivity contribution >= 4 is 23.5 Å². The number of carbonyl (C=O) groups excluding carboxylic acids is 2. The average Bonchev–Trinajstić information content (AvgIpc) is 2.54. The van der Waals surface area contributed by atoms with E-state index in [1.54, 1.807) is 6.92 Å². The second-order valence-corrected chi connectivity index (χ2v) is 4.30. The molecule has 0 saturated carbocycles. The fourth-order valence-corrected chi connectivity index (χ4v) is 1.77. The number of esters is 1. The first-order chi connectivity index (χ1) is 10.9. The lowest BCUT2D eigenvalue weighted by atomic mass is 10.1. The number of ketones is 1. The second-order valence-electron chi connectivity index (χ2n) is 4.30. The summed E-state index contributed by atoms with van der Waals surface area (Å²) in [5.41, 5.74) is -0.174. The first kappa shape index (κ1) is 18.5. The summed E-state index contributed by atoms with van der Waals surface area (Å²) in [4.78, 5) is 34.5. The lowest BCUT2D eigenvalue weighted by Gasteiger charge is -2.13. The van der Waals surface area contributed by atoms with Gasteiger partial charge in [0, 0.05) is 26.4 Å². The van der Waals surface area contributed by atoms with E-state index in [0.29, 0.717) is 5.56 Å². The Balaban J connectivity index is 3.28. The Morgan fingerprint density at radius 1 is 1.30 bits per heavy atom. The molecule has 0 unspecified atom stereocenters. The summed E-state index contributed by atoms with van der Waals surface area (Å²) in [5, 5.41) is 10.8. The quantitative estimate of drug-likeness (QED) is 0.136. The zero-order chi connectivity index (χ0) is 17.4. The molecule has 0 N–H and O–H groups in total. The number of hydrogen-bond donors (Lipinski definition) is 0. The van der Waals surface area contributed by atoms with Crippen molar-refractivity contribution in [2.75, 3.05) is 20.8 Å². The number of methoxy groups -OCH3 is 2. The van der Waals surface area contributed by atoms with Crippen LogP contribution in [0.2, 0.25) is 0 Å². The van der Waals surface area contributed by atoms with Crippen molar-refractivity contribution in [3.63, 3.8) is 0 Å². The summed E-state index contributed by atoms with van der Waals surface area (Å²) in [5.74, 6) is -1.59. The minimum atomic E-state index is -1.27. The zero-order valence-corrected chi connectivity index (χ0v) is 13.0. The molecule has 0 radical (unpaired) electrons. The Morgan fingerprint density at radius 2 is 1.96 bits per heavy atom. The van der Waals surface area contributed by atoms with Gasteiger partial charge in [-0.1, -0.05) is 12.1 Å². The Morgan fingerprint density at radius 3 is 2.48 bits per heavy atom. The largest absolute Gasteiger partial charge is 0.462 e. The topological polar surface area (TPSA) is 105 Å². The molecular weight excluding hydrogens is 306 g/mol. The molecule has 8 nitrogen and oxygen atoms in total. The van der Waals surface area contributed by atoms with Gasteiger partial charge >= 0.3 is 5.97 Å². The minimum Gasteiger partial charge on any atom is -0.462 e. The van der Waals surface area contributed by atoms with Crippen molar-refractivity contribution in [2.24, 2.45) is 0 Å². The molecule has 0 bridgehead atoms. The van der Waals surface area contributed by atoms with Crippen LogP contribution < -0.4 is 0 Å². The first-order valence-electron chi connectivity index (χ1n) is 6.67. The van der Waals surface area contributed by atoms with Gasteiger partial charge < -0.3 is 14.2 Å². The van der Waals surface area contributed by atoms with Crippen LogP contribution in [-0.4, -0.2) is 43.8 Å². The SMILES string of the molecule is CCOC(=O)/C(=C/c1cccc([N+](=O)[O-])c1)C(=O)C(OC)OC. The number of nitrogens with zero attached hydrogens (tertiary/aromatic N) is 1. The molecule has 0 aliphatic heterocycles. The van der Waals surface area contributed by atoms with Crippen LogP contribution in [0.15, 0.2) is 29.8 Å². The van der Waals surface area contributed by atoms with Crippen molar-refractivity contribution in [1.82, 2.24) is 0 Å². The molecule has 0 saturated heterocycles. The Hall–Kier alpha value is -2.58. The van der Waals surface area contributed by atoms with Crippen LogP contribution in [0.25, 0.3) is 6.08 Å². The monoisotopic (exact) mass is 323 g/mol. The van der Waals surface area contributed by atoms with Gasteiger partial charge in [-0.05, 0) is 18.6 Å². The van der Waals surface area contributed by atoms with Crippen molar-refractivity contribution in [3.05, 3.63) is 45.5 Å². The summed E-state index contributed by atoms with van der Waals surface area (Å²) < 4.78 is 14.5. The molecule has 1 rings (SSSR count). The van der Waals surface area contributed by atoms with E-state index in [9.17, 15) is 19.7 Å². The standard InChI is InChI=1S/C15H17NO7/c1-4-23-14(18)12(13(17)15(21-2)22-3)9-10-6-5-7-11(8-10)16(19)20/h5-9,15H,4H2,1-3H3/b12-9+. The lowest BCUT2D eigenvalue weighted by molar-refractivity contribution is -0.384. The van der Waals surface area contributed by atoms with Crippen LogP contribution in [0, 0.1) is 10.1 Å². The lowest BCUT2D eigenvalue weighted by Crippen LogP contribution is -2.30. The number of non-ortho nitro benzene ring substituents is 1. The summed E-state index contributed by atoms with van der Waals surface area (Å²) in [6.45, 7) is 1.67. The number of ether oxygens (including phenoxy) is 3. The number of rotatable bonds is 8. The second kappa shape index (κ2) is 8.76. The summed E-state index contributed by atoms with van der Waals surface area (Å²) in [7, 11) is 2.50. The van der Waals surface area contributed by atoms with E-state index in [0.717, 1.165) is 0 Å². The number of benzene rings is 1. The highest BCUT2D eigenvalue weighted by molar-refractivity contribution is 6.21. The summed E-state index contributed by atoms with van der Waals surface area (Å²) in [6, 6.07) is 5.51.